The first-order valence-electron chi connectivity index (χ1n) is 5.17. The minimum atomic E-state index is -0.396. The largest absolute Gasteiger partial charge is 0.353 e. The lowest BCUT2D eigenvalue weighted by molar-refractivity contribution is 0.613. The summed E-state index contributed by atoms with van der Waals surface area (Å²) in [5.74, 6) is 1.37. The van der Waals surface area contributed by atoms with Crippen LogP contribution in [0.2, 0.25) is 0 Å². The molecular formula is C10H14FN3S. The molecule has 0 radical (unpaired) electrons. The molecule has 1 aromatic heterocycles. The van der Waals surface area contributed by atoms with Gasteiger partial charge in [-0.15, -0.1) is 0 Å². The van der Waals surface area contributed by atoms with Crippen LogP contribution in [0.15, 0.2) is 12.4 Å². The topological polar surface area (TPSA) is 37.8 Å². The van der Waals surface area contributed by atoms with E-state index in [2.05, 4.69) is 15.3 Å². The van der Waals surface area contributed by atoms with Crippen LogP contribution in [0, 0.1) is 5.82 Å². The minimum absolute atomic E-state index is 0.396. The highest BCUT2D eigenvalue weighted by molar-refractivity contribution is 7.99. The van der Waals surface area contributed by atoms with Crippen molar-refractivity contribution in [2.45, 2.75) is 24.5 Å². The maximum absolute atomic E-state index is 12.5. The fourth-order valence-corrected chi connectivity index (χ4v) is 2.82. The first-order chi connectivity index (χ1) is 7.34. The molecule has 2 heterocycles. The first kappa shape index (κ1) is 10.7. The molecule has 5 heteroatoms. The third-order valence-corrected chi connectivity index (χ3v) is 3.78. The van der Waals surface area contributed by atoms with Crippen molar-refractivity contribution in [3.8, 4) is 0 Å². The highest BCUT2D eigenvalue weighted by atomic mass is 32.2. The number of aromatic nitrogens is 2. The lowest BCUT2D eigenvalue weighted by atomic mass is 10.2. The van der Waals surface area contributed by atoms with Crippen LogP contribution in [0.5, 0.6) is 0 Å². The zero-order chi connectivity index (χ0) is 10.5. The summed E-state index contributed by atoms with van der Waals surface area (Å²) in [5, 5.41) is 3.78. The van der Waals surface area contributed by atoms with E-state index in [0.29, 0.717) is 11.2 Å². The second-order valence-corrected chi connectivity index (χ2v) is 5.00. The zero-order valence-electron chi connectivity index (χ0n) is 8.45. The van der Waals surface area contributed by atoms with Crippen molar-refractivity contribution in [1.29, 1.82) is 0 Å². The molecule has 0 spiro atoms. The lowest BCUT2D eigenvalue weighted by Crippen LogP contribution is -2.20. The van der Waals surface area contributed by atoms with Crippen LogP contribution in [0.25, 0.3) is 0 Å². The van der Waals surface area contributed by atoms with E-state index >= 15 is 0 Å². The minimum Gasteiger partial charge on any atom is -0.353 e. The van der Waals surface area contributed by atoms with Crippen molar-refractivity contribution in [3.05, 3.63) is 18.2 Å². The van der Waals surface area contributed by atoms with Crippen molar-refractivity contribution in [1.82, 2.24) is 9.97 Å². The molecule has 1 aromatic rings. The van der Waals surface area contributed by atoms with Crippen molar-refractivity contribution in [2.75, 3.05) is 17.6 Å². The van der Waals surface area contributed by atoms with E-state index in [4.69, 9.17) is 0 Å². The fraction of sp³-hybridized carbons (Fsp3) is 0.600. The van der Waals surface area contributed by atoms with E-state index in [1.54, 1.807) is 0 Å². The van der Waals surface area contributed by atoms with Gasteiger partial charge < -0.3 is 5.32 Å². The van der Waals surface area contributed by atoms with Gasteiger partial charge in [-0.25, -0.2) is 14.4 Å². The molecule has 15 heavy (non-hydrogen) atoms. The Labute approximate surface area is 92.9 Å². The average molecular weight is 227 g/mol. The summed E-state index contributed by atoms with van der Waals surface area (Å²) in [6, 6.07) is 0. The summed E-state index contributed by atoms with van der Waals surface area (Å²) < 4.78 is 12.5. The molecule has 1 atom stereocenters. The molecule has 1 aliphatic heterocycles. The number of nitrogens with zero attached hydrogens (tertiary/aromatic N) is 2. The Morgan fingerprint density at radius 2 is 2.20 bits per heavy atom. The summed E-state index contributed by atoms with van der Waals surface area (Å²) >= 11 is 1.99. The maximum Gasteiger partial charge on any atom is 0.222 e. The van der Waals surface area contributed by atoms with Crippen molar-refractivity contribution in [3.63, 3.8) is 0 Å². The molecule has 1 N–H and O–H groups in total. The molecule has 0 saturated carbocycles. The number of halogens is 1. The van der Waals surface area contributed by atoms with Crippen molar-refractivity contribution >= 4 is 17.7 Å². The number of thioether (sulfide) groups is 1. The molecule has 1 unspecified atom stereocenters. The van der Waals surface area contributed by atoms with Gasteiger partial charge in [0.15, 0.2) is 5.82 Å². The van der Waals surface area contributed by atoms with E-state index < -0.39 is 5.82 Å². The lowest BCUT2D eigenvalue weighted by Gasteiger charge is -2.21. The van der Waals surface area contributed by atoms with Gasteiger partial charge in [0.25, 0.3) is 0 Å². The number of rotatable bonds is 3. The van der Waals surface area contributed by atoms with Crippen LogP contribution in [-0.2, 0) is 0 Å². The standard InChI is InChI=1S/C10H14FN3S/c11-8-5-12-10(13-6-8)14-7-9-3-1-2-4-15-9/h5-6,9H,1-4,7H2,(H,12,13,14). The number of nitrogens with one attached hydrogen (secondary N) is 1. The predicted octanol–water partition coefficient (Wildman–Crippen LogP) is 2.31. The Hall–Kier alpha value is -0.840. The van der Waals surface area contributed by atoms with Gasteiger partial charge in [-0.1, -0.05) is 6.42 Å². The van der Waals surface area contributed by atoms with Crippen LogP contribution >= 0.6 is 11.8 Å². The maximum atomic E-state index is 12.5. The second kappa shape index (κ2) is 5.30. The molecule has 0 bridgehead atoms. The molecule has 2 rings (SSSR count). The highest BCUT2D eigenvalue weighted by Gasteiger charge is 2.13. The summed E-state index contributed by atoms with van der Waals surface area (Å²) in [6.07, 6.45) is 6.25. The van der Waals surface area contributed by atoms with E-state index in [-0.39, 0.29) is 0 Å². The molecule has 1 aliphatic rings. The van der Waals surface area contributed by atoms with Gasteiger partial charge >= 0.3 is 0 Å². The zero-order valence-corrected chi connectivity index (χ0v) is 9.26. The van der Waals surface area contributed by atoms with Crippen LogP contribution in [-0.4, -0.2) is 27.5 Å². The Kier molecular flexibility index (Phi) is 3.77. The summed E-state index contributed by atoms with van der Waals surface area (Å²) in [5.41, 5.74) is 0. The Morgan fingerprint density at radius 1 is 1.40 bits per heavy atom. The molecule has 3 nitrogen and oxygen atoms in total. The predicted molar refractivity (Wildman–Crippen MR) is 60.6 cm³/mol. The SMILES string of the molecule is Fc1cnc(NCC2CCCCS2)nc1. The van der Waals surface area contributed by atoms with Gasteiger partial charge in [-0.05, 0) is 18.6 Å². The summed E-state index contributed by atoms with van der Waals surface area (Å²) in [7, 11) is 0. The average Bonchev–Trinajstić information content (AvgIpc) is 2.30. The molecule has 82 valence electrons. The van der Waals surface area contributed by atoms with Gasteiger partial charge in [0.05, 0.1) is 12.4 Å². The number of hydrogen-bond donors (Lipinski definition) is 1. The second-order valence-electron chi connectivity index (χ2n) is 3.59. The molecule has 0 aromatic carbocycles. The van der Waals surface area contributed by atoms with Crippen molar-refractivity contribution < 1.29 is 4.39 Å². The molecule has 1 saturated heterocycles. The quantitative estimate of drug-likeness (QED) is 0.860. The molecule has 0 amide bonds. The van der Waals surface area contributed by atoms with Gasteiger partial charge in [-0.2, -0.15) is 11.8 Å². The first-order valence-corrected chi connectivity index (χ1v) is 6.22. The summed E-state index contributed by atoms with van der Waals surface area (Å²) in [6.45, 7) is 0.871. The van der Waals surface area contributed by atoms with E-state index in [1.807, 2.05) is 11.8 Å². The smallest absolute Gasteiger partial charge is 0.222 e. The number of anilines is 1. The molecule has 0 aliphatic carbocycles. The van der Waals surface area contributed by atoms with Crippen molar-refractivity contribution in [2.24, 2.45) is 0 Å². The van der Waals surface area contributed by atoms with Gasteiger partial charge in [-0.3, -0.25) is 0 Å². The normalized spacial score (nSPS) is 21.3. The Bertz CT molecular complexity index is 298. The van der Waals surface area contributed by atoms with Gasteiger partial charge in [0, 0.05) is 11.8 Å². The van der Waals surface area contributed by atoms with E-state index in [1.165, 1.54) is 37.4 Å². The Morgan fingerprint density at radius 3 is 2.87 bits per heavy atom. The monoisotopic (exact) mass is 227 g/mol. The third-order valence-electron chi connectivity index (χ3n) is 2.38. The van der Waals surface area contributed by atoms with Crippen LogP contribution < -0.4 is 5.32 Å². The van der Waals surface area contributed by atoms with Crippen LogP contribution in [0.4, 0.5) is 10.3 Å². The highest BCUT2D eigenvalue weighted by Crippen LogP contribution is 2.24. The third kappa shape index (κ3) is 3.34. The molecule has 1 fully saturated rings. The van der Waals surface area contributed by atoms with Gasteiger partial charge in [0.2, 0.25) is 5.95 Å². The van der Waals surface area contributed by atoms with E-state index in [9.17, 15) is 4.39 Å². The van der Waals surface area contributed by atoms with E-state index in [0.717, 1.165) is 6.54 Å². The number of hydrogen-bond acceptors (Lipinski definition) is 4. The molecular weight excluding hydrogens is 213 g/mol. The Balaban J connectivity index is 1.79. The van der Waals surface area contributed by atoms with Crippen LogP contribution in [0.1, 0.15) is 19.3 Å². The van der Waals surface area contributed by atoms with Crippen LogP contribution in [0.3, 0.4) is 0 Å². The van der Waals surface area contributed by atoms with Gasteiger partial charge in [0.1, 0.15) is 0 Å². The summed E-state index contributed by atoms with van der Waals surface area (Å²) in [4.78, 5) is 7.71. The fourth-order valence-electron chi connectivity index (χ4n) is 1.58.